The van der Waals surface area contributed by atoms with E-state index in [9.17, 15) is 15.3 Å². The number of aliphatic hydroxyl groups is 7. The second-order valence-electron chi connectivity index (χ2n) is 3.70. The molecule has 96 valence electrons. The summed E-state index contributed by atoms with van der Waals surface area (Å²) in [5.74, 6) is 0. The van der Waals surface area contributed by atoms with Gasteiger partial charge in [-0.15, -0.1) is 0 Å². The molecule has 0 aromatic carbocycles. The van der Waals surface area contributed by atoms with Crippen LogP contribution in [0.3, 0.4) is 0 Å². The van der Waals surface area contributed by atoms with Crippen LogP contribution in [0.5, 0.6) is 0 Å². The first kappa shape index (κ1) is 13.7. The van der Waals surface area contributed by atoms with Gasteiger partial charge in [-0.2, -0.15) is 0 Å². The van der Waals surface area contributed by atoms with Crippen LogP contribution in [0.2, 0.25) is 0 Å². The second-order valence-corrected chi connectivity index (χ2v) is 3.70. The minimum absolute atomic E-state index is 0.775. The van der Waals surface area contributed by atoms with Crippen LogP contribution < -0.4 is 0 Å². The third-order valence-electron chi connectivity index (χ3n) is 2.54. The fourth-order valence-corrected chi connectivity index (χ4v) is 1.50. The summed E-state index contributed by atoms with van der Waals surface area (Å²) in [6.07, 6.45) is -11.7. The summed E-state index contributed by atoms with van der Waals surface area (Å²) in [6, 6.07) is 0. The third-order valence-corrected chi connectivity index (χ3v) is 2.54. The largest absolute Gasteiger partial charge is 0.394 e. The van der Waals surface area contributed by atoms with Crippen molar-refractivity contribution >= 4 is 0 Å². The number of ether oxygens (including phenoxy) is 1. The molecule has 1 heterocycles. The van der Waals surface area contributed by atoms with Gasteiger partial charge in [-0.1, -0.05) is 0 Å². The maximum Gasteiger partial charge on any atom is 0.184 e. The molecule has 16 heavy (non-hydrogen) atoms. The van der Waals surface area contributed by atoms with Crippen LogP contribution in [0.1, 0.15) is 0 Å². The van der Waals surface area contributed by atoms with Gasteiger partial charge in [-0.25, -0.2) is 0 Å². The maximum absolute atomic E-state index is 9.44. The Kier molecular flexibility index (Phi) is 4.59. The number of rotatable bonds is 3. The van der Waals surface area contributed by atoms with Gasteiger partial charge in [0.15, 0.2) is 6.29 Å². The molecular formula is C8H16O8. The first-order valence-electron chi connectivity index (χ1n) is 4.75. The summed E-state index contributed by atoms with van der Waals surface area (Å²) < 4.78 is 4.64. The third kappa shape index (κ3) is 2.50. The van der Waals surface area contributed by atoms with Gasteiger partial charge in [-0.3, -0.25) is 0 Å². The first-order chi connectivity index (χ1) is 7.40. The lowest BCUT2D eigenvalue weighted by Gasteiger charge is -2.40. The van der Waals surface area contributed by atoms with Crippen molar-refractivity contribution < 1.29 is 40.5 Å². The lowest BCUT2D eigenvalue weighted by molar-refractivity contribution is -0.303. The Bertz CT molecular complexity index is 220. The molecule has 0 aliphatic carbocycles. The molecule has 0 aromatic heterocycles. The first-order valence-corrected chi connectivity index (χ1v) is 4.75. The van der Waals surface area contributed by atoms with Gasteiger partial charge in [-0.05, 0) is 0 Å². The van der Waals surface area contributed by atoms with Crippen molar-refractivity contribution in [3.63, 3.8) is 0 Å². The molecule has 1 saturated heterocycles. The van der Waals surface area contributed by atoms with Crippen LogP contribution in [-0.4, -0.2) is 85.3 Å². The SMILES string of the molecule is OC[C@@H](O)[C@@H](O)[C@@H]1O[C@@H](O)[C@H](O)[C@H](O)[C@@H]1O. The van der Waals surface area contributed by atoms with Gasteiger partial charge in [0.25, 0.3) is 0 Å². The molecule has 0 bridgehead atoms. The molecule has 1 rings (SSSR count). The van der Waals surface area contributed by atoms with Gasteiger partial charge >= 0.3 is 0 Å². The van der Waals surface area contributed by atoms with Crippen molar-refractivity contribution in [1.29, 1.82) is 0 Å². The fourth-order valence-electron chi connectivity index (χ4n) is 1.50. The minimum Gasteiger partial charge on any atom is -0.394 e. The molecule has 1 aliphatic heterocycles. The highest BCUT2D eigenvalue weighted by molar-refractivity contribution is 4.93. The molecule has 8 nitrogen and oxygen atoms in total. The molecule has 0 spiro atoms. The van der Waals surface area contributed by atoms with E-state index in [1.807, 2.05) is 0 Å². The van der Waals surface area contributed by atoms with Crippen LogP contribution in [0.4, 0.5) is 0 Å². The Morgan fingerprint density at radius 3 is 2.00 bits per heavy atom. The molecule has 7 atom stereocenters. The zero-order valence-electron chi connectivity index (χ0n) is 8.29. The molecule has 0 unspecified atom stereocenters. The Balaban J connectivity index is 2.73. The predicted molar refractivity (Wildman–Crippen MR) is 48.0 cm³/mol. The standard InChI is InChI=1S/C8H16O8/c9-1-2(10)3(11)7-5(13)4(12)6(14)8(15)16-7/h2-15H,1H2/t2-,3-,4-,5+,6-,7+,8-/m1/s1. The predicted octanol–water partition coefficient (Wildman–Crippen LogP) is -4.50. The van der Waals surface area contributed by atoms with Gasteiger partial charge in [0.1, 0.15) is 36.6 Å². The lowest BCUT2D eigenvalue weighted by atomic mass is 9.93. The van der Waals surface area contributed by atoms with Gasteiger partial charge in [0, 0.05) is 0 Å². The van der Waals surface area contributed by atoms with E-state index in [0.29, 0.717) is 0 Å². The number of hydrogen-bond acceptors (Lipinski definition) is 8. The summed E-state index contributed by atoms with van der Waals surface area (Å²) in [5.41, 5.74) is 0. The molecule has 0 amide bonds. The Morgan fingerprint density at radius 1 is 0.938 bits per heavy atom. The second kappa shape index (κ2) is 5.34. The molecule has 8 heteroatoms. The summed E-state index contributed by atoms with van der Waals surface area (Å²) in [6.45, 7) is -0.775. The van der Waals surface area contributed by atoms with Crippen LogP contribution in [0.25, 0.3) is 0 Å². The van der Waals surface area contributed by atoms with Crippen LogP contribution in [0, 0.1) is 0 Å². The Morgan fingerprint density at radius 2 is 1.50 bits per heavy atom. The summed E-state index contributed by atoms with van der Waals surface area (Å²) in [7, 11) is 0. The van der Waals surface area contributed by atoms with Crippen LogP contribution in [-0.2, 0) is 4.74 Å². The quantitative estimate of drug-likeness (QED) is 0.261. The van der Waals surface area contributed by atoms with E-state index in [-0.39, 0.29) is 0 Å². The highest BCUT2D eigenvalue weighted by atomic mass is 16.6. The minimum atomic E-state index is -1.79. The fraction of sp³-hybridized carbons (Fsp3) is 1.00. The molecule has 0 radical (unpaired) electrons. The maximum atomic E-state index is 9.44. The van der Waals surface area contributed by atoms with Crippen LogP contribution >= 0.6 is 0 Å². The summed E-state index contributed by atoms with van der Waals surface area (Å²) in [4.78, 5) is 0. The van der Waals surface area contributed by atoms with E-state index in [1.54, 1.807) is 0 Å². The molecule has 1 fully saturated rings. The van der Waals surface area contributed by atoms with Gasteiger partial charge in [0.2, 0.25) is 0 Å². The van der Waals surface area contributed by atoms with Crippen molar-refractivity contribution in [2.75, 3.05) is 6.61 Å². The van der Waals surface area contributed by atoms with E-state index in [4.69, 9.17) is 20.4 Å². The zero-order chi connectivity index (χ0) is 12.5. The molecular weight excluding hydrogens is 224 g/mol. The molecule has 0 saturated carbocycles. The number of hydrogen-bond donors (Lipinski definition) is 7. The molecule has 1 aliphatic rings. The monoisotopic (exact) mass is 240 g/mol. The average molecular weight is 240 g/mol. The number of aliphatic hydroxyl groups excluding tert-OH is 7. The van der Waals surface area contributed by atoms with Gasteiger partial charge in [0.05, 0.1) is 6.61 Å². The highest BCUT2D eigenvalue weighted by Gasteiger charge is 2.47. The van der Waals surface area contributed by atoms with Crippen molar-refractivity contribution in [3.8, 4) is 0 Å². The van der Waals surface area contributed by atoms with E-state index in [0.717, 1.165) is 0 Å². The highest BCUT2D eigenvalue weighted by Crippen LogP contribution is 2.23. The van der Waals surface area contributed by atoms with E-state index in [1.165, 1.54) is 0 Å². The molecule has 7 N–H and O–H groups in total. The summed E-state index contributed by atoms with van der Waals surface area (Å²) in [5, 5.41) is 64.1. The van der Waals surface area contributed by atoms with Crippen molar-refractivity contribution in [3.05, 3.63) is 0 Å². The zero-order valence-corrected chi connectivity index (χ0v) is 8.29. The molecule has 0 aromatic rings. The Hall–Kier alpha value is -0.320. The lowest BCUT2D eigenvalue weighted by Crippen LogP contribution is -2.62. The van der Waals surface area contributed by atoms with Crippen molar-refractivity contribution in [2.24, 2.45) is 0 Å². The van der Waals surface area contributed by atoms with E-state index < -0.39 is 49.5 Å². The van der Waals surface area contributed by atoms with Crippen molar-refractivity contribution in [1.82, 2.24) is 0 Å². The summed E-state index contributed by atoms with van der Waals surface area (Å²) >= 11 is 0. The average Bonchev–Trinajstić information content (AvgIpc) is 2.29. The topological polar surface area (TPSA) is 151 Å². The smallest absolute Gasteiger partial charge is 0.184 e. The Labute approximate surface area is 91.0 Å². The van der Waals surface area contributed by atoms with Crippen molar-refractivity contribution in [2.45, 2.75) is 42.9 Å². The van der Waals surface area contributed by atoms with Gasteiger partial charge < -0.3 is 40.5 Å². The normalized spacial score (nSPS) is 44.1. The van der Waals surface area contributed by atoms with E-state index in [2.05, 4.69) is 4.74 Å². The van der Waals surface area contributed by atoms with Crippen LogP contribution in [0.15, 0.2) is 0 Å². The van der Waals surface area contributed by atoms with E-state index >= 15 is 0 Å².